The summed E-state index contributed by atoms with van der Waals surface area (Å²) in [7, 11) is 0. The Balaban J connectivity index is 1.92. The van der Waals surface area contributed by atoms with Crippen LogP contribution in [0.3, 0.4) is 0 Å². The molecule has 1 saturated heterocycles. The van der Waals surface area contributed by atoms with Crippen LogP contribution in [-0.2, 0) is 17.7 Å². The molecule has 1 aliphatic rings. The lowest BCUT2D eigenvalue weighted by molar-refractivity contribution is 0.0282. The lowest BCUT2D eigenvalue weighted by Crippen LogP contribution is -2.36. The molecule has 1 unspecified atom stereocenters. The lowest BCUT2D eigenvalue weighted by Gasteiger charge is -2.31. The van der Waals surface area contributed by atoms with Gasteiger partial charge in [-0.1, -0.05) is 60.6 Å². The summed E-state index contributed by atoms with van der Waals surface area (Å²) in [5, 5.41) is 10.1. The third-order valence-electron chi connectivity index (χ3n) is 6.51. The van der Waals surface area contributed by atoms with E-state index < -0.39 is 5.60 Å². The number of carbonyl (C=O) groups is 1. The van der Waals surface area contributed by atoms with Crippen molar-refractivity contribution in [3.63, 3.8) is 0 Å². The monoisotopic (exact) mass is 531 g/mol. The fourth-order valence-electron chi connectivity index (χ4n) is 4.78. The molecule has 2 aromatic carbocycles. The molecule has 38 heavy (non-hydrogen) atoms. The molecule has 6 heteroatoms. The van der Waals surface area contributed by atoms with Crippen molar-refractivity contribution in [1.82, 2.24) is 9.80 Å². The fourth-order valence-corrected chi connectivity index (χ4v) is 4.84. The van der Waals surface area contributed by atoms with Crippen LogP contribution in [0.5, 0.6) is 0 Å². The van der Waals surface area contributed by atoms with Crippen LogP contribution in [0.2, 0.25) is 0 Å². The molecule has 0 radical (unpaired) electrons. The number of nitriles is 1. The van der Waals surface area contributed by atoms with E-state index in [4.69, 9.17) is 16.3 Å². The van der Waals surface area contributed by atoms with Crippen molar-refractivity contribution < 1.29 is 9.53 Å². The number of halogens is 1. The summed E-state index contributed by atoms with van der Waals surface area (Å²) in [5.74, 6) is 0.459. The van der Waals surface area contributed by atoms with Crippen LogP contribution in [0, 0.1) is 23.2 Å². The summed E-state index contributed by atoms with van der Waals surface area (Å²) < 4.78 is 5.72. The number of benzene rings is 2. The molecule has 2 aromatic rings. The van der Waals surface area contributed by atoms with E-state index in [9.17, 15) is 10.1 Å². The standard InChI is InChI=1S/C32H38ClN3O2/c1-6-30(16-15-24(2)33)35(20-27-14-10-13-26(17-27)19-34)22-29-23-36(31(37)38-32(3,4)5)21-28(29)18-25-11-8-7-9-12-25/h6-17,28-29H,1,18,20-23H2,2-5H3/b24-15+,30-16+/t28-,29?/m0/s1. The zero-order valence-electron chi connectivity index (χ0n) is 22.9. The Morgan fingerprint density at radius 3 is 2.45 bits per heavy atom. The molecule has 0 spiro atoms. The maximum Gasteiger partial charge on any atom is 0.410 e. The van der Waals surface area contributed by atoms with Gasteiger partial charge in [-0.25, -0.2) is 4.79 Å². The molecule has 2 atom stereocenters. The van der Waals surface area contributed by atoms with Crippen LogP contribution < -0.4 is 0 Å². The number of ether oxygens (including phenoxy) is 1. The number of carbonyl (C=O) groups excluding carboxylic acids is 1. The smallest absolute Gasteiger partial charge is 0.410 e. The highest BCUT2D eigenvalue weighted by molar-refractivity contribution is 6.29. The van der Waals surface area contributed by atoms with Crippen LogP contribution in [0.4, 0.5) is 4.79 Å². The van der Waals surface area contributed by atoms with Crippen molar-refractivity contribution in [1.29, 1.82) is 5.26 Å². The van der Waals surface area contributed by atoms with Gasteiger partial charge in [0.1, 0.15) is 5.60 Å². The summed E-state index contributed by atoms with van der Waals surface area (Å²) in [6, 6.07) is 20.3. The maximum atomic E-state index is 13.0. The van der Waals surface area contributed by atoms with E-state index in [0.717, 1.165) is 17.7 Å². The van der Waals surface area contributed by atoms with Crippen molar-refractivity contribution in [2.75, 3.05) is 19.6 Å². The molecule has 5 nitrogen and oxygen atoms in total. The molecule has 1 heterocycles. The van der Waals surface area contributed by atoms with E-state index in [2.05, 4.69) is 41.8 Å². The van der Waals surface area contributed by atoms with Crippen LogP contribution in [0.25, 0.3) is 0 Å². The van der Waals surface area contributed by atoms with E-state index in [-0.39, 0.29) is 17.9 Å². The van der Waals surface area contributed by atoms with E-state index in [0.29, 0.717) is 36.8 Å². The first-order valence-corrected chi connectivity index (χ1v) is 13.4. The highest BCUT2D eigenvalue weighted by Gasteiger charge is 2.38. The van der Waals surface area contributed by atoms with E-state index >= 15 is 0 Å². The van der Waals surface area contributed by atoms with Crippen LogP contribution >= 0.6 is 11.6 Å². The van der Waals surface area contributed by atoms with E-state index in [1.165, 1.54) is 5.56 Å². The first-order valence-electron chi connectivity index (χ1n) is 13.0. The molecule has 1 amide bonds. The Morgan fingerprint density at radius 2 is 1.82 bits per heavy atom. The number of nitrogens with zero attached hydrogens (tertiary/aromatic N) is 3. The predicted octanol–water partition coefficient (Wildman–Crippen LogP) is 7.30. The summed E-state index contributed by atoms with van der Waals surface area (Å²) in [6.07, 6.45) is 6.26. The second-order valence-corrected chi connectivity index (χ2v) is 11.4. The Kier molecular flexibility index (Phi) is 10.2. The molecule has 200 valence electrons. The van der Waals surface area contributed by atoms with Crippen molar-refractivity contribution in [2.24, 2.45) is 11.8 Å². The van der Waals surface area contributed by atoms with Crippen molar-refractivity contribution in [3.05, 3.63) is 107 Å². The van der Waals surface area contributed by atoms with Crippen LogP contribution in [0.1, 0.15) is 44.4 Å². The number of rotatable bonds is 9. The van der Waals surface area contributed by atoms with Gasteiger partial charge in [-0.3, -0.25) is 0 Å². The Morgan fingerprint density at radius 1 is 1.13 bits per heavy atom. The summed E-state index contributed by atoms with van der Waals surface area (Å²) in [4.78, 5) is 17.1. The molecular weight excluding hydrogens is 494 g/mol. The summed E-state index contributed by atoms with van der Waals surface area (Å²) in [6.45, 7) is 14.1. The van der Waals surface area contributed by atoms with Gasteiger partial charge in [0.15, 0.2) is 0 Å². The zero-order chi connectivity index (χ0) is 27.7. The van der Waals surface area contributed by atoms with E-state index in [1.54, 1.807) is 0 Å². The second-order valence-electron chi connectivity index (χ2n) is 10.8. The molecule has 0 aliphatic carbocycles. The normalized spacial score (nSPS) is 18.2. The molecule has 1 fully saturated rings. The molecule has 0 aromatic heterocycles. The Labute approximate surface area is 232 Å². The minimum absolute atomic E-state index is 0.200. The Bertz CT molecular complexity index is 1200. The first-order chi connectivity index (χ1) is 18.1. The van der Waals surface area contributed by atoms with Gasteiger partial charge in [0.2, 0.25) is 0 Å². The zero-order valence-corrected chi connectivity index (χ0v) is 23.6. The quantitative estimate of drug-likeness (QED) is 0.318. The molecule has 0 N–H and O–H groups in total. The first kappa shape index (κ1) is 29.1. The minimum atomic E-state index is -0.549. The molecular formula is C32H38ClN3O2. The fraction of sp³-hybridized carbons (Fsp3) is 0.375. The van der Waals surface area contributed by atoms with Crippen LogP contribution in [0.15, 0.2) is 90.1 Å². The van der Waals surface area contributed by atoms with Gasteiger partial charge in [0.05, 0.1) is 11.6 Å². The molecule has 0 saturated carbocycles. The van der Waals surface area contributed by atoms with Gasteiger partial charge in [-0.2, -0.15) is 5.26 Å². The Hall–Kier alpha value is -3.49. The van der Waals surface area contributed by atoms with Gasteiger partial charge >= 0.3 is 6.09 Å². The lowest BCUT2D eigenvalue weighted by atomic mass is 9.89. The van der Waals surface area contributed by atoms with Gasteiger partial charge in [0, 0.05) is 36.9 Å². The average molecular weight is 532 g/mol. The maximum absolute atomic E-state index is 13.0. The van der Waals surface area contributed by atoms with Gasteiger partial charge < -0.3 is 14.5 Å². The van der Waals surface area contributed by atoms with Gasteiger partial charge in [0.25, 0.3) is 0 Å². The molecule has 0 bridgehead atoms. The largest absolute Gasteiger partial charge is 0.444 e. The number of allylic oxidation sites excluding steroid dienone is 4. The topological polar surface area (TPSA) is 56.6 Å². The third-order valence-corrected chi connectivity index (χ3v) is 6.64. The van der Waals surface area contributed by atoms with Crippen LogP contribution in [-0.4, -0.2) is 41.1 Å². The second kappa shape index (κ2) is 13.3. The molecule has 3 rings (SSSR count). The SMILES string of the molecule is C=C/C(=C\C=C(/C)Cl)N(Cc1cccc(C#N)c1)CC1CN(C(=O)OC(C)(C)C)C[C@@H]1Cc1ccccc1. The minimum Gasteiger partial charge on any atom is -0.444 e. The van der Waals surface area contributed by atoms with E-state index in [1.807, 2.05) is 81.2 Å². The van der Waals surface area contributed by atoms with Crippen molar-refractivity contribution in [3.8, 4) is 6.07 Å². The number of likely N-dealkylation sites (tertiary alicyclic amines) is 1. The number of amides is 1. The van der Waals surface area contributed by atoms with Crippen molar-refractivity contribution in [2.45, 2.75) is 46.3 Å². The van der Waals surface area contributed by atoms with Crippen molar-refractivity contribution >= 4 is 17.7 Å². The van der Waals surface area contributed by atoms with Gasteiger partial charge in [-0.05, 0) is 87.4 Å². The molecule has 1 aliphatic heterocycles. The van der Waals surface area contributed by atoms with Gasteiger partial charge in [-0.15, -0.1) is 0 Å². The number of hydrogen-bond acceptors (Lipinski definition) is 4. The summed E-state index contributed by atoms with van der Waals surface area (Å²) >= 11 is 6.14. The highest BCUT2D eigenvalue weighted by atomic mass is 35.5. The predicted molar refractivity (Wildman–Crippen MR) is 154 cm³/mol. The summed E-state index contributed by atoms with van der Waals surface area (Å²) in [5.41, 5.74) is 3.29. The highest BCUT2D eigenvalue weighted by Crippen LogP contribution is 2.31. The average Bonchev–Trinajstić information content (AvgIpc) is 3.26. The number of hydrogen-bond donors (Lipinski definition) is 0. The third kappa shape index (κ3) is 8.82.